The van der Waals surface area contributed by atoms with E-state index in [1.165, 1.54) is 56.2 Å². The van der Waals surface area contributed by atoms with Crippen LogP contribution in [0.25, 0.3) is 0 Å². The van der Waals surface area contributed by atoms with Gasteiger partial charge in [0, 0.05) is 19.3 Å². The van der Waals surface area contributed by atoms with Crippen LogP contribution in [0, 0.1) is 0 Å². The first kappa shape index (κ1) is 13.1. The van der Waals surface area contributed by atoms with Gasteiger partial charge in [0.2, 0.25) is 0 Å². The highest BCUT2D eigenvalue weighted by Crippen LogP contribution is 2.27. The van der Waals surface area contributed by atoms with Gasteiger partial charge < -0.3 is 10.1 Å². The molecule has 0 aromatic heterocycles. The third-order valence-electron chi connectivity index (χ3n) is 4.54. The topological polar surface area (TPSA) is 21.3 Å². The molecule has 2 heterocycles. The lowest BCUT2D eigenvalue weighted by atomic mass is 9.89. The van der Waals surface area contributed by atoms with E-state index in [0.717, 1.165) is 13.2 Å². The molecule has 2 aliphatic heterocycles. The van der Waals surface area contributed by atoms with Gasteiger partial charge in [-0.05, 0) is 55.7 Å². The summed E-state index contributed by atoms with van der Waals surface area (Å²) in [5, 5.41) is 3.65. The summed E-state index contributed by atoms with van der Waals surface area (Å²) in [5.41, 5.74) is 3.03. The molecule has 1 N–H and O–H groups in total. The van der Waals surface area contributed by atoms with Crippen LogP contribution in [0.4, 0.5) is 0 Å². The second-order valence-corrected chi connectivity index (χ2v) is 5.98. The van der Waals surface area contributed by atoms with Crippen LogP contribution in [0.1, 0.15) is 49.1 Å². The van der Waals surface area contributed by atoms with Crippen molar-refractivity contribution >= 4 is 0 Å². The Balaban J connectivity index is 1.64. The van der Waals surface area contributed by atoms with E-state index in [0.29, 0.717) is 12.0 Å². The Morgan fingerprint density at radius 3 is 2.79 bits per heavy atom. The van der Waals surface area contributed by atoms with Crippen molar-refractivity contribution < 1.29 is 4.74 Å². The minimum absolute atomic E-state index is 0.693. The van der Waals surface area contributed by atoms with Crippen molar-refractivity contribution in [3.63, 3.8) is 0 Å². The van der Waals surface area contributed by atoms with Gasteiger partial charge in [0.05, 0.1) is 0 Å². The summed E-state index contributed by atoms with van der Waals surface area (Å²) in [6, 6.07) is 9.96. The molecule has 2 saturated heterocycles. The smallest absolute Gasteiger partial charge is 0.0471 e. The van der Waals surface area contributed by atoms with Gasteiger partial charge in [0.15, 0.2) is 0 Å². The summed E-state index contributed by atoms with van der Waals surface area (Å²) < 4.78 is 5.46. The van der Waals surface area contributed by atoms with Crippen molar-refractivity contribution in [3.8, 4) is 0 Å². The van der Waals surface area contributed by atoms with E-state index in [9.17, 15) is 0 Å². The Morgan fingerprint density at radius 2 is 2.00 bits per heavy atom. The molecule has 2 heteroatoms. The normalized spacial score (nSPS) is 25.4. The lowest BCUT2D eigenvalue weighted by Gasteiger charge is -2.25. The second-order valence-electron chi connectivity index (χ2n) is 5.98. The van der Waals surface area contributed by atoms with Crippen molar-refractivity contribution in [2.45, 2.75) is 50.5 Å². The summed E-state index contributed by atoms with van der Waals surface area (Å²) in [5.74, 6) is 0.716. The Labute approximate surface area is 116 Å². The monoisotopic (exact) mass is 259 g/mol. The third-order valence-corrected chi connectivity index (χ3v) is 4.54. The van der Waals surface area contributed by atoms with Gasteiger partial charge in [-0.1, -0.05) is 30.7 Å². The molecule has 0 bridgehead atoms. The Morgan fingerprint density at radius 1 is 1.11 bits per heavy atom. The van der Waals surface area contributed by atoms with Gasteiger partial charge in [-0.25, -0.2) is 0 Å². The van der Waals surface area contributed by atoms with Crippen LogP contribution in [-0.4, -0.2) is 25.8 Å². The van der Waals surface area contributed by atoms with Crippen LogP contribution in [-0.2, 0) is 11.2 Å². The largest absolute Gasteiger partial charge is 0.381 e. The Kier molecular flexibility index (Phi) is 4.52. The molecule has 0 saturated carbocycles. The highest BCUT2D eigenvalue weighted by molar-refractivity contribution is 5.27. The van der Waals surface area contributed by atoms with Crippen LogP contribution in [0.5, 0.6) is 0 Å². The standard InChI is InChI=1S/C17H25NO/c1-2-9-18-17(6-1)13-14-4-3-5-16(12-14)15-7-10-19-11-8-15/h3-5,12,15,17-18H,1-2,6-11,13H2. The SMILES string of the molecule is c1cc(CC2CCCCN2)cc(C2CCOCC2)c1. The van der Waals surface area contributed by atoms with Crippen molar-refractivity contribution in [1.82, 2.24) is 5.32 Å². The fourth-order valence-electron chi connectivity index (χ4n) is 3.39. The Bertz CT molecular complexity index is 392. The predicted octanol–water partition coefficient (Wildman–Crippen LogP) is 3.27. The molecule has 104 valence electrons. The van der Waals surface area contributed by atoms with Gasteiger partial charge in [-0.3, -0.25) is 0 Å². The van der Waals surface area contributed by atoms with E-state index < -0.39 is 0 Å². The van der Waals surface area contributed by atoms with Crippen LogP contribution >= 0.6 is 0 Å². The zero-order valence-corrected chi connectivity index (χ0v) is 11.7. The lowest BCUT2D eigenvalue weighted by molar-refractivity contribution is 0.0853. The minimum atomic E-state index is 0.693. The maximum absolute atomic E-state index is 5.46. The van der Waals surface area contributed by atoms with Crippen molar-refractivity contribution in [1.29, 1.82) is 0 Å². The highest BCUT2D eigenvalue weighted by atomic mass is 16.5. The molecule has 0 radical (unpaired) electrons. The van der Waals surface area contributed by atoms with Gasteiger partial charge in [0.1, 0.15) is 0 Å². The summed E-state index contributed by atoms with van der Waals surface area (Å²) in [4.78, 5) is 0. The van der Waals surface area contributed by atoms with Crippen molar-refractivity contribution in [2.24, 2.45) is 0 Å². The maximum atomic E-state index is 5.46. The molecule has 1 unspecified atom stereocenters. The van der Waals surface area contributed by atoms with Crippen LogP contribution < -0.4 is 5.32 Å². The predicted molar refractivity (Wildman–Crippen MR) is 78.6 cm³/mol. The summed E-state index contributed by atoms with van der Waals surface area (Å²) >= 11 is 0. The first-order chi connectivity index (χ1) is 9.42. The molecule has 2 aliphatic rings. The molecular formula is C17H25NO. The molecule has 2 nitrogen and oxygen atoms in total. The molecule has 2 fully saturated rings. The van der Waals surface area contributed by atoms with Crippen LogP contribution in [0.2, 0.25) is 0 Å². The minimum Gasteiger partial charge on any atom is -0.381 e. The number of hydrogen-bond donors (Lipinski definition) is 1. The summed E-state index contributed by atoms with van der Waals surface area (Å²) in [7, 11) is 0. The fourth-order valence-corrected chi connectivity index (χ4v) is 3.39. The second kappa shape index (κ2) is 6.53. The lowest BCUT2D eigenvalue weighted by Crippen LogP contribution is -2.35. The molecule has 1 aromatic rings. The number of rotatable bonds is 3. The number of benzene rings is 1. The maximum Gasteiger partial charge on any atom is 0.0471 e. The number of ether oxygens (including phenoxy) is 1. The van der Waals surface area contributed by atoms with E-state index in [-0.39, 0.29) is 0 Å². The van der Waals surface area contributed by atoms with E-state index in [4.69, 9.17) is 4.74 Å². The molecule has 19 heavy (non-hydrogen) atoms. The molecule has 0 amide bonds. The molecule has 1 aromatic carbocycles. The van der Waals surface area contributed by atoms with Gasteiger partial charge in [0.25, 0.3) is 0 Å². The quantitative estimate of drug-likeness (QED) is 0.899. The van der Waals surface area contributed by atoms with E-state index in [1.807, 2.05) is 0 Å². The van der Waals surface area contributed by atoms with Gasteiger partial charge in [-0.15, -0.1) is 0 Å². The summed E-state index contributed by atoms with van der Waals surface area (Å²) in [6.07, 6.45) is 7.63. The zero-order valence-electron chi connectivity index (χ0n) is 11.7. The van der Waals surface area contributed by atoms with E-state index in [2.05, 4.69) is 29.6 Å². The first-order valence-corrected chi connectivity index (χ1v) is 7.82. The molecule has 1 atom stereocenters. The first-order valence-electron chi connectivity index (χ1n) is 7.82. The molecule has 0 spiro atoms. The average molecular weight is 259 g/mol. The fraction of sp³-hybridized carbons (Fsp3) is 0.647. The van der Waals surface area contributed by atoms with Crippen molar-refractivity contribution in [2.75, 3.05) is 19.8 Å². The van der Waals surface area contributed by atoms with E-state index >= 15 is 0 Å². The number of nitrogens with one attached hydrogen (secondary N) is 1. The zero-order chi connectivity index (χ0) is 12.9. The third kappa shape index (κ3) is 3.58. The van der Waals surface area contributed by atoms with Crippen molar-refractivity contribution in [3.05, 3.63) is 35.4 Å². The highest BCUT2D eigenvalue weighted by Gasteiger charge is 2.17. The molecule has 3 rings (SSSR count). The Hall–Kier alpha value is -0.860. The molecular weight excluding hydrogens is 234 g/mol. The van der Waals surface area contributed by atoms with Gasteiger partial charge in [-0.2, -0.15) is 0 Å². The molecule has 0 aliphatic carbocycles. The van der Waals surface area contributed by atoms with Crippen LogP contribution in [0.3, 0.4) is 0 Å². The summed E-state index contributed by atoms with van der Waals surface area (Å²) in [6.45, 7) is 3.06. The number of hydrogen-bond acceptors (Lipinski definition) is 2. The number of piperidine rings is 1. The van der Waals surface area contributed by atoms with Gasteiger partial charge >= 0.3 is 0 Å². The van der Waals surface area contributed by atoms with Crippen LogP contribution in [0.15, 0.2) is 24.3 Å². The van der Waals surface area contributed by atoms with E-state index in [1.54, 1.807) is 0 Å². The average Bonchev–Trinajstić information content (AvgIpc) is 2.49.